The monoisotopic (exact) mass is 1850 g/mol. The second kappa shape index (κ2) is 30.8. The van der Waals surface area contributed by atoms with Gasteiger partial charge in [0, 0.05) is 108 Å². The Hall–Kier alpha value is -17.9. The zero-order valence-corrected chi connectivity index (χ0v) is 72.5. The lowest BCUT2D eigenvalue weighted by molar-refractivity contribution is 0.381. The number of benzene rings is 23. The number of fused-ring (bicyclic) bond motifs is 22. The van der Waals surface area contributed by atoms with E-state index in [1.807, 2.05) is 48.5 Å². The van der Waals surface area contributed by atoms with E-state index in [2.05, 4.69) is 182 Å². The molecule has 6 aromatic heterocycles. The Morgan fingerprint density at radius 2 is 0.379 bits per heavy atom. The highest BCUT2D eigenvalue weighted by atomic mass is 19.2. The van der Waals surface area contributed by atoms with Crippen LogP contribution in [0.5, 0.6) is 0 Å². The van der Waals surface area contributed by atoms with Gasteiger partial charge in [0.1, 0.15) is 78.6 Å². The summed E-state index contributed by atoms with van der Waals surface area (Å²) in [5, 5.41) is 25.6. The van der Waals surface area contributed by atoms with Crippen molar-refractivity contribution >= 4 is 218 Å². The van der Waals surface area contributed by atoms with Crippen molar-refractivity contribution in [1.82, 2.24) is 0 Å². The zero-order valence-electron chi connectivity index (χ0n) is 72.5. The van der Waals surface area contributed by atoms with Gasteiger partial charge < -0.3 is 26.5 Å². The summed E-state index contributed by atoms with van der Waals surface area (Å²) < 4.78 is 211. The fourth-order valence-corrected chi connectivity index (χ4v) is 21.6. The van der Waals surface area contributed by atoms with Gasteiger partial charge in [-0.1, -0.05) is 231 Å². The molecule has 0 N–H and O–H groups in total. The molecule has 6 nitrogen and oxygen atoms in total. The van der Waals surface area contributed by atoms with Crippen LogP contribution in [0.3, 0.4) is 0 Å². The van der Waals surface area contributed by atoms with Crippen molar-refractivity contribution in [3.63, 3.8) is 0 Å². The molecule has 0 fully saturated rings. The van der Waals surface area contributed by atoms with Crippen LogP contribution in [0.1, 0.15) is 0 Å². The lowest BCUT2D eigenvalue weighted by Crippen LogP contribution is -2.04. The zero-order chi connectivity index (χ0) is 94.2. The summed E-state index contributed by atoms with van der Waals surface area (Å²) >= 11 is 0. The highest BCUT2D eigenvalue weighted by Gasteiger charge is 2.33. The maximum absolute atomic E-state index is 14.9. The number of hydrogen-bond donors (Lipinski definition) is 0. The van der Waals surface area contributed by atoms with Crippen molar-refractivity contribution in [2.45, 2.75) is 0 Å². The highest BCUT2D eigenvalue weighted by molar-refractivity contribution is 6.45. The summed E-state index contributed by atoms with van der Waals surface area (Å²) in [6, 6.07) is 111. The number of hydrogen-bond acceptors (Lipinski definition) is 6. The van der Waals surface area contributed by atoms with Gasteiger partial charge in [0.25, 0.3) is 0 Å². The van der Waals surface area contributed by atoms with E-state index in [1.54, 1.807) is 60.7 Å². The van der Waals surface area contributed by atoms with Crippen molar-refractivity contribution in [1.29, 1.82) is 0 Å². The van der Waals surface area contributed by atoms with Gasteiger partial charge in [-0.3, -0.25) is 0 Å². The topological polar surface area (TPSA) is 78.8 Å². The second-order valence-electron chi connectivity index (χ2n) is 35.1. The quantitative estimate of drug-likeness (QED) is 0.0543. The van der Waals surface area contributed by atoms with Crippen LogP contribution in [-0.2, 0) is 0 Å². The fourth-order valence-electron chi connectivity index (χ4n) is 21.6. The van der Waals surface area contributed by atoms with Crippen molar-refractivity contribution in [2.75, 3.05) is 0 Å². The van der Waals surface area contributed by atoms with E-state index in [0.29, 0.717) is 43.5 Å². The standard InChI is InChI=1S/C46H26O2.C38H12F10O2.C38H20F2O2/c1-3-13-27(14-4-1)35-25-29-17-7-9-19-31(29)43-41-33-21-12-24-38-40(33)42(34-22-11-23-37(39(34)41)47-45(35)43)44-32-20-10-8-18-30(32)26-36(46(44)48-38)28-15-5-2-6-16-28;39-29-23(30(40)34(44)37(47)33(29)43)13-8-10-20-17(11-13)25-15-3-1-5-21-27(15)26(16-4-2-6-22(50-20)28(16)25)18-12-14(7-9-19(18)49-21)24-31(41)35(45)38(48)36(46)32(24)42;39-25-13-7-21(8-14-25)23-12-18-32-29(19-23)35-27-3-1-5-33-37(27)36(28-4-2-6-34(42-32)38(28)35)30-20-24(11-17-31(30)41-33)22-9-15-26(40)16-10-22/h1-26H;1-12H;1-20H. The second-order valence-corrected chi connectivity index (χ2v) is 35.1. The average Bonchev–Trinajstić information content (AvgIpc) is 0.704. The normalized spacial score (nSPS) is 12.1. The minimum atomic E-state index is -2.30. The lowest BCUT2D eigenvalue weighted by Gasteiger charge is -2.20. The Morgan fingerprint density at radius 3 is 0.693 bits per heavy atom. The van der Waals surface area contributed by atoms with Crippen molar-refractivity contribution < 1.29 is 79.2 Å². The molecule has 0 amide bonds. The van der Waals surface area contributed by atoms with Gasteiger partial charge in [0.2, 0.25) is 11.6 Å². The van der Waals surface area contributed by atoms with E-state index < -0.39 is 69.3 Å². The third-order valence-corrected chi connectivity index (χ3v) is 27.6. The van der Waals surface area contributed by atoms with Gasteiger partial charge in [-0.05, 0) is 220 Å². The van der Waals surface area contributed by atoms with E-state index in [-0.39, 0.29) is 44.7 Å². The molecule has 140 heavy (non-hydrogen) atoms. The molecule has 0 atom stereocenters. The summed E-state index contributed by atoms with van der Waals surface area (Å²) in [6.07, 6.45) is 0. The molecule has 29 rings (SSSR count). The molecule has 0 aliphatic heterocycles. The maximum atomic E-state index is 14.9. The van der Waals surface area contributed by atoms with Gasteiger partial charge in [-0.15, -0.1) is 0 Å². The predicted molar refractivity (Wildman–Crippen MR) is 535 cm³/mol. The molecule has 6 heterocycles. The van der Waals surface area contributed by atoms with Crippen LogP contribution in [0.25, 0.3) is 285 Å². The molecule has 0 radical (unpaired) electrons. The molecule has 18 heteroatoms. The van der Waals surface area contributed by atoms with Gasteiger partial charge in [-0.25, -0.2) is 52.7 Å². The first kappa shape index (κ1) is 81.6. The number of halogens is 12. The molecule has 666 valence electrons. The molecular formula is C122H58F12O6. The van der Waals surface area contributed by atoms with E-state index in [1.165, 1.54) is 91.6 Å². The van der Waals surface area contributed by atoms with Gasteiger partial charge in [-0.2, -0.15) is 0 Å². The highest BCUT2D eigenvalue weighted by Crippen LogP contribution is 2.55. The van der Waals surface area contributed by atoms with E-state index >= 15 is 0 Å². The Balaban J connectivity index is 0.000000106. The van der Waals surface area contributed by atoms with E-state index in [0.717, 1.165) is 166 Å². The predicted octanol–water partition coefficient (Wildman–Crippen LogP) is 37.4. The molecule has 0 saturated heterocycles. The van der Waals surface area contributed by atoms with Crippen LogP contribution in [0.2, 0.25) is 0 Å². The van der Waals surface area contributed by atoms with Gasteiger partial charge in [0.15, 0.2) is 46.5 Å². The Morgan fingerprint density at radius 1 is 0.136 bits per heavy atom. The molecular weight excluding hydrogens is 1790 g/mol. The summed E-state index contributed by atoms with van der Waals surface area (Å²) in [5.41, 5.74) is 13.1. The summed E-state index contributed by atoms with van der Waals surface area (Å²) in [6.45, 7) is 0. The first-order chi connectivity index (χ1) is 68.4. The van der Waals surface area contributed by atoms with Crippen LogP contribution in [0, 0.1) is 69.8 Å². The molecule has 23 aromatic carbocycles. The molecule has 0 unspecified atom stereocenters. The largest absolute Gasteiger partial charge is 0.456 e. The molecule has 29 aromatic rings. The van der Waals surface area contributed by atoms with Crippen LogP contribution in [-0.4, -0.2) is 0 Å². The lowest BCUT2D eigenvalue weighted by atomic mass is 9.86. The third-order valence-electron chi connectivity index (χ3n) is 27.6. The first-order valence-corrected chi connectivity index (χ1v) is 44.9. The summed E-state index contributed by atoms with van der Waals surface area (Å²) in [7, 11) is 0. The minimum Gasteiger partial charge on any atom is -0.456 e. The van der Waals surface area contributed by atoms with Crippen molar-refractivity contribution in [2.24, 2.45) is 0 Å². The van der Waals surface area contributed by atoms with E-state index in [9.17, 15) is 52.7 Å². The minimum absolute atomic E-state index is 0.198. The molecule has 0 spiro atoms. The number of rotatable bonds is 6. The average molecular weight is 1850 g/mol. The van der Waals surface area contributed by atoms with Crippen LogP contribution < -0.4 is 0 Å². The van der Waals surface area contributed by atoms with Crippen LogP contribution in [0.15, 0.2) is 378 Å². The fraction of sp³-hybridized carbons (Fsp3) is 0. The van der Waals surface area contributed by atoms with Gasteiger partial charge >= 0.3 is 0 Å². The Bertz CT molecular complexity index is 9840. The maximum Gasteiger partial charge on any atom is 0.200 e. The van der Waals surface area contributed by atoms with Gasteiger partial charge in [0.05, 0.1) is 11.1 Å². The third kappa shape index (κ3) is 12.0. The smallest absolute Gasteiger partial charge is 0.200 e. The van der Waals surface area contributed by atoms with Crippen molar-refractivity contribution in [3.05, 3.63) is 422 Å². The van der Waals surface area contributed by atoms with E-state index in [4.69, 9.17) is 26.5 Å². The van der Waals surface area contributed by atoms with Crippen LogP contribution in [0.4, 0.5) is 52.7 Å². The summed E-state index contributed by atoms with van der Waals surface area (Å²) in [4.78, 5) is 0. The molecule has 0 aliphatic carbocycles. The molecule has 0 bridgehead atoms. The molecule has 0 aliphatic rings. The Labute approximate surface area is 780 Å². The first-order valence-electron chi connectivity index (χ1n) is 44.9. The SMILES string of the molecule is Fc1c(F)c(F)c(-c2ccc3oc4cccc5c4c(c3c2)c2cccc3oc4ccc(-c6c(F)c(F)c(F)c(F)c6F)cc4c5c32)c(F)c1F.Fc1ccc(-c2ccc3oc4cccc5c4c(c3c2)c2cccc3oc4ccc(-c6ccc(F)cc6)cc4c5c32)cc1.c1ccc(-c2cc3ccccc3c3c2oc2cccc4c2c3c2cccc3oc5c(-c6ccccc6)cc6ccccc6c5c4c32)cc1. The van der Waals surface area contributed by atoms with Crippen molar-refractivity contribution in [3.8, 4) is 66.8 Å². The summed E-state index contributed by atoms with van der Waals surface area (Å²) in [5.74, 6) is -21.6. The van der Waals surface area contributed by atoms with Crippen LogP contribution >= 0.6 is 0 Å². The molecule has 0 saturated carbocycles. The Kier molecular flexibility index (Phi) is 18.0.